The smallest absolute Gasteiger partial charge is 0.374 e. The highest BCUT2D eigenvalue weighted by Crippen LogP contribution is 2.26. The Kier molecular flexibility index (Phi) is 5.64. The Balaban J connectivity index is 1.83. The van der Waals surface area contributed by atoms with Gasteiger partial charge in [0.2, 0.25) is 0 Å². The van der Waals surface area contributed by atoms with Crippen LogP contribution in [-0.2, 0) is 23.2 Å². The van der Waals surface area contributed by atoms with E-state index in [9.17, 15) is 24.3 Å². The van der Waals surface area contributed by atoms with Crippen LogP contribution in [0.3, 0.4) is 0 Å². The number of carbonyl (C=O) groups excluding carboxylic acids is 1. The predicted octanol–water partition coefficient (Wildman–Crippen LogP) is 3.25. The second-order valence-electron chi connectivity index (χ2n) is 8.78. The second kappa shape index (κ2) is 8.81. The number of hydrogen-bond donors (Lipinski definition) is 1. The van der Waals surface area contributed by atoms with E-state index in [1.807, 2.05) is 42.9 Å². The van der Waals surface area contributed by atoms with Crippen LogP contribution in [-0.4, -0.2) is 30.6 Å². The number of rotatable bonds is 6. The van der Waals surface area contributed by atoms with E-state index in [1.54, 1.807) is 42.5 Å². The number of ketones is 1. The molecule has 0 radical (unpaired) electrons. The molecule has 0 saturated heterocycles. The molecule has 0 spiro atoms. The molecule has 2 aromatic heterocycles. The first kappa shape index (κ1) is 23.0. The number of para-hydroxylation sites is 1. The standard InChI is InChI=1S/C28H23N3O5/c1-17-9-8-14-22-23(17)19(15-29(22)2)16-30-21-13-7-6-12-20(21)26(33)31(28(30)36)24(25(32)27(34)35)18-10-4-3-5-11-18/h3-15,24H,16H2,1-2H3,(H,34,35)/t24-/m0/s1. The SMILES string of the molecule is Cc1cccc2c1c(Cn1c(=O)n([C@H](C(=O)C(=O)O)c3ccccc3)c(=O)c3ccccc31)cn2C. The van der Waals surface area contributed by atoms with Crippen LogP contribution in [0.2, 0.25) is 0 Å². The van der Waals surface area contributed by atoms with Gasteiger partial charge in [-0.05, 0) is 41.8 Å². The molecule has 5 rings (SSSR count). The van der Waals surface area contributed by atoms with E-state index in [4.69, 9.17) is 0 Å². The van der Waals surface area contributed by atoms with Gasteiger partial charge in [-0.15, -0.1) is 0 Å². The molecule has 2 heterocycles. The van der Waals surface area contributed by atoms with Gasteiger partial charge in [0.1, 0.15) is 6.04 Å². The Morgan fingerprint density at radius 2 is 1.56 bits per heavy atom. The third-order valence-electron chi connectivity index (χ3n) is 6.54. The van der Waals surface area contributed by atoms with Gasteiger partial charge in [-0.25, -0.2) is 14.2 Å². The van der Waals surface area contributed by atoms with E-state index in [2.05, 4.69) is 0 Å². The molecule has 0 unspecified atom stereocenters. The molecule has 0 amide bonds. The first-order valence-electron chi connectivity index (χ1n) is 11.4. The zero-order valence-electron chi connectivity index (χ0n) is 19.7. The summed E-state index contributed by atoms with van der Waals surface area (Å²) in [7, 11) is 1.92. The first-order chi connectivity index (χ1) is 17.3. The molecule has 0 aliphatic rings. The molecule has 5 aromatic rings. The van der Waals surface area contributed by atoms with Crippen molar-refractivity contribution in [2.24, 2.45) is 7.05 Å². The molecular weight excluding hydrogens is 458 g/mol. The fraction of sp³-hybridized carbons (Fsp3) is 0.143. The summed E-state index contributed by atoms with van der Waals surface area (Å²) in [6.07, 6.45) is 1.94. The molecule has 0 aliphatic heterocycles. The number of Topliss-reactive ketones (excluding diaryl/α,β-unsaturated/α-hetero) is 1. The lowest BCUT2D eigenvalue weighted by Crippen LogP contribution is -2.46. The first-order valence-corrected chi connectivity index (χ1v) is 11.4. The van der Waals surface area contributed by atoms with Gasteiger partial charge in [-0.2, -0.15) is 0 Å². The summed E-state index contributed by atoms with van der Waals surface area (Å²) in [5.41, 5.74) is 2.08. The summed E-state index contributed by atoms with van der Waals surface area (Å²) < 4.78 is 4.18. The fourth-order valence-corrected chi connectivity index (χ4v) is 4.91. The number of nitrogens with zero attached hydrogens (tertiary/aromatic N) is 3. The number of aromatic nitrogens is 3. The van der Waals surface area contributed by atoms with Crippen molar-refractivity contribution in [1.82, 2.24) is 13.7 Å². The Labute approximate surface area is 205 Å². The molecular formula is C28H23N3O5. The van der Waals surface area contributed by atoms with E-state index < -0.39 is 29.0 Å². The number of carboxylic acid groups (broad SMARTS) is 1. The quantitative estimate of drug-likeness (QED) is 0.375. The third-order valence-corrected chi connectivity index (χ3v) is 6.54. The van der Waals surface area contributed by atoms with Crippen molar-refractivity contribution in [3.8, 4) is 0 Å². The van der Waals surface area contributed by atoms with Crippen LogP contribution in [0, 0.1) is 6.92 Å². The van der Waals surface area contributed by atoms with E-state index in [0.717, 1.165) is 26.6 Å². The van der Waals surface area contributed by atoms with Crippen molar-refractivity contribution >= 4 is 33.6 Å². The number of aliphatic carboxylic acids is 1. The number of fused-ring (bicyclic) bond motifs is 2. The lowest BCUT2D eigenvalue weighted by molar-refractivity contribution is -0.150. The van der Waals surface area contributed by atoms with E-state index in [-0.39, 0.29) is 17.5 Å². The largest absolute Gasteiger partial charge is 0.475 e. The highest BCUT2D eigenvalue weighted by molar-refractivity contribution is 6.34. The summed E-state index contributed by atoms with van der Waals surface area (Å²) >= 11 is 0. The Bertz CT molecular complexity index is 1780. The summed E-state index contributed by atoms with van der Waals surface area (Å²) in [6.45, 7) is 2.12. The average Bonchev–Trinajstić information content (AvgIpc) is 3.20. The van der Waals surface area contributed by atoms with Gasteiger partial charge >= 0.3 is 11.7 Å². The number of carboxylic acids is 1. The molecule has 3 aromatic carbocycles. The summed E-state index contributed by atoms with van der Waals surface area (Å²) in [4.78, 5) is 52.1. The molecule has 180 valence electrons. The van der Waals surface area contributed by atoms with Crippen molar-refractivity contribution in [2.75, 3.05) is 0 Å². The lowest BCUT2D eigenvalue weighted by Gasteiger charge is -2.20. The zero-order chi connectivity index (χ0) is 25.6. The molecule has 0 saturated carbocycles. The van der Waals surface area contributed by atoms with Crippen LogP contribution >= 0.6 is 0 Å². The topological polar surface area (TPSA) is 103 Å². The van der Waals surface area contributed by atoms with Crippen LogP contribution in [0.25, 0.3) is 21.8 Å². The average molecular weight is 482 g/mol. The van der Waals surface area contributed by atoms with Crippen LogP contribution < -0.4 is 11.2 Å². The number of hydrogen-bond acceptors (Lipinski definition) is 4. The van der Waals surface area contributed by atoms with E-state index >= 15 is 0 Å². The van der Waals surface area contributed by atoms with E-state index in [1.165, 1.54) is 16.7 Å². The number of benzene rings is 3. The maximum absolute atomic E-state index is 14.0. The molecule has 36 heavy (non-hydrogen) atoms. The van der Waals surface area contributed by atoms with E-state index in [0.29, 0.717) is 5.52 Å². The molecule has 0 aliphatic carbocycles. The van der Waals surface area contributed by atoms with Gasteiger partial charge in [0.15, 0.2) is 0 Å². The normalized spacial score (nSPS) is 12.2. The monoisotopic (exact) mass is 481 g/mol. The minimum atomic E-state index is -1.72. The van der Waals surface area contributed by atoms with Crippen LogP contribution in [0.5, 0.6) is 0 Å². The molecule has 1 atom stereocenters. The Morgan fingerprint density at radius 3 is 2.28 bits per heavy atom. The van der Waals surface area contributed by atoms with Crippen molar-refractivity contribution < 1.29 is 14.7 Å². The molecule has 8 nitrogen and oxygen atoms in total. The van der Waals surface area contributed by atoms with Gasteiger partial charge in [0.05, 0.1) is 17.4 Å². The fourth-order valence-electron chi connectivity index (χ4n) is 4.91. The predicted molar refractivity (Wildman–Crippen MR) is 136 cm³/mol. The van der Waals surface area contributed by atoms with Gasteiger partial charge < -0.3 is 9.67 Å². The van der Waals surface area contributed by atoms with Crippen molar-refractivity contribution in [2.45, 2.75) is 19.5 Å². The molecule has 1 N–H and O–H groups in total. The molecule has 8 heteroatoms. The summed E-state index contributed by atoms with van der Waals surface area (Å²) in [5, 5.41) is 10.8. The van der Waals surface area contributed by atoms with Crippen LogP contribution in [0.4, 0.5) is 0 Å². The van der Waals surface area contributed by atoms with Crippen molar-refractivity contribution in [1.29, 1.82) is 0 Å². The van der Waals surface area contributed by atoms with Crippen molar-refractivity contribution in [3.05, 3.63) is 117 Å². The van der Waals surface area contributed by atoms with Gasteiger partial charge in [0, 0.05) is 24.1 Å². The Hall–Kier alpha value is -4.72. The second-order valence-corrected chi connectivity index (χ2v) is 8.78. The lowest BCUT2D eigenvalue weighted by atomic mass is 10.0. The number of carbonyl (C=O) groups is 2. The highest BCUT2D eigenvalue weighted by Gasteiger charge is 2.32. The Morgan fingerprint density at radius 1 is 0.889 bits per heavy atom. The summed E-state index contributed by atoms with van der Waals surface area (Å²) in [6, 6.07) is 19.0. The minimum absolute atomic E-state index is 0.130. The molecule has 0 fully saturated rings. The third kappa shape index (κ3) is 3.63. The van der Waals surface area contributed by atoms with Crippen LogP contribution in [0.1, 0.15) is 22.7 Å². The van der Waals surface area contributed by atoms with Crippen LogP contribution in [0.15, 0.2) is 88.6 Å². The van der Waals surface area contributed by atoms with Crippen molar-refractivity contribution in [3.63, 3.8) is 0 Å². The maximum Gasteiger partial charge on any atom is 0.374 e. The maximum atomic E-state index is 14.0. The highest BCUT2D eigenvalue weighted by atomic mass is 16.4. The number of aryl methyl sites for hydroxylation is 2. The van der Waals surface area contributed by atoms with Gasteiger partial charge in [-0.3, -0.25) is 14.2 Å². The zero-order valence-corrected chi connectivity index (χ0v) is 19.7. The molecule has 0 bridgehead atoms. The van der Waals surface area contributed by atoms with Gasteiger partial charge in [-0.1, -0.05) is 54.6 Å². The summed E-state index contributed by atoms with van der Waals surface area (Å²) in [5.74, 6) is -2.98. The van der Waals surface area contributed by atoms with Gasteiger partial charge in [0.25, 0.3) is 11.3 Å². The minimum Gasteiger partial charge on any atom is -0.475 e.